The van der Waals surface area contributed by atoms with Crippen LogP contribution in [0.3, 0.4) is 0 Å². The van der Waals surface area contributed by atoms with E-state index in [1.165, 1.54) is 0 Å². The molecule has 0 fully saturated rings. The van der Waals surface area contributed by atoms with Gasteiger partial charge in [-0.05, 0) is 50.1 Å². The van der Waals surface area contributed by atoms with Gasteiger partial charge in [-0.1, -0.05) is 12.1 Å². The highest BCUT2D eigenvalue weighted by molar-refractivity contribution is 7.18. The molecule has 2 heterocycles. The molecule has 0 bridgehead atoms. The second kappa shape index (κ2) is 8.51. The van der Waals surface area contributed by atoms with E-state index in [1.54, 1.807) is 36.5 Å². The van der Waals surface area contributed by atoms with Gasteiger partial charge in [0, 0.05) is 30.5 Å². The maximum atomic E-state index is 12.9. The largest absolute Gasteiger partial charge is 0.497 e. The first-order valence-corrected chi connectivity index (χ1v) is 10.9. The number of aromatic nitrogens is 1. The lowest BCUT2D eigenvalue weighted by Gasteiger charge is -2.23. The molecule has 0 radical (unpaired) electrons. The van der Waals surface area contributed by atoms with Crippen molar-refractivity contribution < 1.29 is 13.9 Å². The van der Waals surface area contributed by atoms with Crippen LogP contribution in [0.1, 0.15) is 35.5 Å². The molecule has 0 spiro atoms. The summed E-state index contributed by atoms with van der Waals surface area (Å²) in [5.41, 5.74) is 2.39. The minimum absolute atomic E-state index is 0.0413. The molecule has 1 unspecified atom stereocenters. The Labute approximate surface area is 184 Å². The number of amides is 1. The molecule has 4 aromatic rings. The standard InChI is InChI=1S/C24H24N2O4S/c1-14-17-10-9-16(29-4)13-20(17)30-24(28)18(14)11-12-22(27)26(3)15(2)23-25-19-7-5-6-8-21(19)31-23/h5-10,13,15H,11-12H2,1-4H3. The van der Waals surface area contributed by atoms with Crippen LogP contribution >= 0.6 is 11.3 Å². The topological polar surface area (TPSA) is 72.6 Å². The highest BCUT2D eigenvalue weighted by Gasteiger charge is 2.22. The number of ether oxygens (including phenoxy) is 1. The number of carbonyl (C=O) groups is 1. The fraction of sp³-hybridized carbons (Fsp3) is 0.292. The Morgan fingerprint density at radius 3 is 2.77 bits per heavy atom. The van der Waals surface area contributed by atoms with Crippen LogP contribution in [-0.2, 0) is 11.2 Å². The van der Waals surface area contributed by atoms with Crippen molar-refractivity contribution in [2.24, 2.45) is 0 Å². The highest BCUT2D eigenvalue weighted by Crippen LogP contribution is 2.29. The van der Waals surface area contributed by atoms with Crippen molar-refractivity contribution in [1.82, 2.24) is 9.88 Å². The molecule has 2 aromatic heterocycles. The number of hydrogen-bond acceptors (Lipinski definition) is 6. The Balaban J connectivity index is 1.51. The molecule has 0 aliphatic carbocycles. The predicted molar refractivity (Wildman–Crippen MR) is 123 cm³/mol. The van der Waals surface area contributed by atoms with Gasteiger partial charge in [-0.25, -0.2) is 9.78 Å². The molecule has 1 amide bonds. The van der Waals surface area contributed by atoms with Gasteiger partial charge in [0.2, 0.25) is 5.91 Å². The van der Waals surface area contributed by atoms with Crippen LogP contribution in [0.25, 0.3) is 21.2 Å². The van der Waals surface area contributed by atoms with E-state index >= 15 is 0 Å². The molecule has 1 atom stereocenters. The summed E-state index contributed by atoms with van der Waals surface area (Å²) in [7, 11) is 3.35. The third-order valence-electron chi connectivity index (χ3n) is 5.73. The van der Waals surface area contributed by atoms with Crippen molar-refractivity contribution in [2.75, 3.05) is 14.2 Å². The summed E-state index contributed by atoms with van der Waals surface area (Å²) in [6, 6.07) is 13.2. The zero-order valence-corrected chi connectivity index (χ0v) is 18.8. The van der Waals surface area contributed by atoms with E-state index < -0.39 is 5.63 Å². The molecule has 6 nitrogen and oxygen atoms in total. The normalized spacial score (nSPS) is 12.3. The van der Waals surface area contributed by atoms with Crippen LogP contribution in [0.5, 0.6) is 5.75 Å². The van der Waals surface area contributed by atoms with E-state index in [2.05, 4.69) is 4.98 Å². The second-order valence-electron chi connectivity index (χ2n) is 7.56. The molecule has 0 saturated heterocycles. The van der Waals surface area contributed by atoms with Crippen molar-refractivity contribution >= 4 is 38.4 Å². The minimum Gasteiger partial charge on any atom is -0.497 e. The Hall–Kier alpha value is -3.19. The van der Waals surface area contributed by atoms with Gasteiger partial charge < -0.3 is 14.1 Å². The van der Waals surface area contributed by atoms with E-state index in [1.807, 2.05) is 50.2 Å². The Morgan fingerprint density at radius 1 is 1.26 bits per heavy atom. The Morgan fingerprint density at radius 2 is 2.03 bits per heavy atom. The summed E-state index contributed by atoms with van der Waals surface area (Å²) in [6.07, 6.45) is 0.546. The van der Waals surface area contributed by atoms with Crippen molar-refractivity contribution in [3.8, 4) is 5.75 Å². The number of carbonyl (C=O) groups excluding carboxylic acids is 1. The second-order valence-corrected chi connectivity index (χ2v) is 8.62. The summed E-state index contributed by atoms with van der Waals surface area (Å²) in [5, 5.41) is 1.74. The molecule has 0 N–H and O–H groups in total. The van der Waals surface area contributed by atoms with Crippen molar-refractivity contribution in [1.29, 1.82) is 0 Å². The maximum absolute atomic E-state index is 12.9. The van der Waals surface area contributed by atoms with E-state index in [0.717, 1.165) is 26.2 Å². The third-order valence-corrected chi connectivity index (χ3v) is 6.93. The molecule has 160 valence electrons. The molecule has 2 aromatic carbocycles. The first-order chi connectivity index (χ1) is 14.9. The lowest BCUT2D eigenvalue weighted by atomic mass is 10.0. The van der Waals surface area contributed by atoms with Crippen molar-refractivity contribution in [2.45, 2.75) is 32.7 Å². The van der Waals surface area contributed by atoms with Gasteiger partial charge in [-0.2, -0.15) is 0 Å². The predicted octanol–water partition coefficient (Wildman–Crippen LogP) is 4.87. The monoisotopic (exact) mass is 436 g/mol. The summed E-state index contributed by atoms with van der Waals surface area (Å²) < 4.78 is 11.8. The van der Waals surface area contributed by atoms with Gasteiger partial charge in [0.25, 0.3) is 0 Å². The van der Waals surface area contributed by atoms with Gasteiger partial charge in [-0.3, -0.25) is 4.79 Å². The van der Waals surface area contributed by atoms with Gasteiger partial charge >= 0.3 is 5.63 Å². The van der Waals surface area contributed by atoms with E-state index in [9.17, 15) is 9.59 Å². The van der Waals surface area contributed by atoms with Crippen LogP contribution in [0, 0.1) is 6.92 Å². The van der Waals surface area contributed by atoms with Crippen LogP contribution < -0.4 is 10.4 Å². The van der Waals surface area contributed by atoms with E-state index in [-0.39, 0.29) is 18.4 Å². The van der Waals surface area contributed by atoms with Gasteiger partial charge in [-0.15, -0.1) is 11.3 Å². The molecule has 4 rings (SSSR count). The van der Waals surface area contributed by atoms with Crippen molar-refractivity contribution in [3.05, 3.63) is 69.0 Å². The zero-order valence-electron chi connectivity index (χ0n) is 18.0. The van der Waals surface area contributed by atoms with Gasteiger partial charge in [0.15, 0.2) is 0 Å². The average molecular weight is 437 g/mol. The number of methoxy groups -OCH3 is 1. The molecule has 0 saturated carbocycles. The summed E-state index contributed by atoms with van der Waals surface area (Å²) in [6.45, 7) is 3.86. The van der Waals surface area contributed by atoms with E-state index in [4.69, 9.17) is 9.15 Å². The SMILES string of the molecule is COc1ccc2c(C)c(CCC(=O)N(C)C(C)c3nc4ccccc4s3)c(=O)oc2c1. The smallest absolute Gasteiger partial charge is 0.339 e. The first kappa shape index (κ1) is 21.1. The van der Waals surface area contributed by atoms with E-state index in [0.29, 0.717) is 23.3 Å². The molecule has 7 heteroatoms. The lowest BCUT2D eigenvalue weighted by Crippen LogP contribution is -2.30. The number of rotatable bonds is 6. The molecule has 0 aliphatic heterocycles. The van der Waals surface area contributed by atoms with Crippen molar-refractivity contribution in [3.63, 3.8) is 0 Å². The summed E-state index contributed by atoms with van der Waals surface area (Å²) in [5.74, 6) is 0.587. The number of benzene rings is 2. The summed E-state index contributed by atoms with van der Waals surface area (Å²) >= 11 is 1.59. The molecular formula is C24H24N2O4S. The fourth-order valence-corrected chi connectivity index (χ4v) is 4.71. The average Bonchev–Trinajstić information content (AvgIpc) is 3.21. The number of para-hydroxylation sites is 1. The molecule has 31 heavy (non-hydrogen) atoms. The van der Waals surface area contributed by atoms with Crippen LogP contribution in [-0.4, -0.2) is 29.9 Å². The fourth-order valence-electron chi connectivity index (χ4n) is 3.65. The number of hydrogen-bond donors (Lipinski definition) is 0. The first-order valence-electron chi connectivity index (χ1n) is 10.1. The Kier molecular flexibility index (Phi) is 5.78. The summed E-state index contributed by atoms with van der Waals surface area (Å²) in [4.78, 5) is 31.8. The van der Waals surface area contributed by atoms with Gasteiger partial charge in [0.1, 0.15) is 16.3 Å². The van der Waals surface area contributed by atoms with Crippen LogP contribution in [0.4, 0.5) is 0 Å². The highest BCUT2D eigenvalue weighted by atomic mass is 32.1. The molecule has 0 aliphatic rings. The number of fused-ring (bicyclic) bond motifs is 2. The quantitative estimate of drug-likeness (QED) is 0.403. The minimum atomic E-state index is -0.409. The number of aryl methyl sites for hydroxylation is 1. The third kappa shape index (κ3) is 4.05. The van der Waals surface area contributed by atoms with Gasteiger partial charge in [0.05, 0.1) is 23.4 Å². The number of thiazole rings is 1. The number of nitrogens with zero attached hydrogens (tertiary/aromatic N) is 2. The van der Waals surface area contributed by atoms with Crippen LogP contribution in [0.2, 0.25) is 0 Å². The Bertz CT molecular complexity index is 1290. The lowest BCUT2D eigenvalue weighted by molar-refractivity contribution is -0.131. The maximum Gasteiger partial charge on any atom is 0.339 e. The zero-order chi connectivity index (χ0) is 22.1. The molecular weight excluding hydrogens is 412 g/mol. The van der Waals surface area contributed by atoms with Crippen LogP contribution in [0.15, 0.2) is 51.7 Å².